The molecule has 1 fully saturated rings. The molecule has 1 saturated carbocycles. The highest BCUT2D eigenvalue weighted by Crippen LogP contribution is 2.42. The van der Waals surface area contributed by atoms with E-state index in [9.17, 15) is 19.5 Å². The lowest BCUT2D eigenvalue weighted by atomic mass is 9.60. The number of carbonyl (C=O) groups is 3. The zero-order chi connectivity index (χ0) is 14.1. The Labute approximate surface area is 108 Å². The molecule has 4 nitrogen and oxygen atoms in total. The van der Waals surface area contributed by atoms with Gasteiger partial charge in [-0.05, 0) is 33.1 Å². The summed E-state index contributed by atoms with van der Waals surface area (Å²) in [5.74, 6) is -2.27. The van der Waals surface area contributed by atoms with Gasteiger partial charge in [0.05, 0.1) is 17.4 Å². The third kappa shape index (κ3) is 2.69. The Morgan fingerprint density at radius 1 is 1.33 bits per heavy atom. The average molecular weight is 254 g/mol. The summed E-state index contributed by atoms with van der Waals surface area (Å²) >= 11 is 0. The van der Waals surface area contributed by atoms with Crippen molar-refractivity contribution in [3.63, 3.8) is 0 Å². The predicted octanol–water partition coefficient (Wildman–Crippen LogP) is 1.54. The van der Waals surface area contributed by atoms with Gasteiger partial charge in [-0.3, -0.25) is 14.4 Å². The number of aliphatic hydroxyl groups is 1. The van der Waals surface area contributed by atoms with Crippen molar-refractivity contribution in [1.29, 1.82) is 0 Å². The molecule has 102 valence electrons. The van der Waals surface area contributed by atoms with Crippen LogP contribution in [0.15, 0.2) is 0 Å². The smallest absolute Gasteiger partial charge is 0.146 e. The van der Waals surface area contributed by atoms with Crippen molar-refractivity contribution in [2.75, 3.05) is 0 Å². The van der Waals surface area contributed by atoms with Gasteiger partial charge >= 0.3 is 0 Å². The molecule has 0 aliphatic heterocycles. The van der Waals surface area contributed by atoms with Gasteiger partial charge in [0.2, 0.25) is 0 Å². The summed E-state index contributed by atoms with van der Waals surface area (Å²) in [4.78, 5) is 35.5. The number of carbonyl (C=O) groups excluding carboxylic acids is 3. The van der Waals surface area contributed by atoms with E-state index in [2.05, 4.69) is 0 Å². The zero-order valence-electron chi connectivity index (χ0n) is 11.5. The van der Waals surface area contributed by atoms with E-state index in [-0.39, 0.29) is 29.7 Å². The van der Waals surface area contributed by atoms with Crippen LogP contribution in [-0.4, -0.2) is 28.1 Å². The molecule has 4 unspecified atom stereocenters. The van der Waals surface area contributed by atoms with Crippen molar-refractivity contribution < 1.29 is 19.5 Å². The van der Waals surface area contributed by atoms with Gasteiger partial charge in [0, 0.05) is 6.42 Å². The maximum Gasteiger partial charge on any atom is 0.146 e. The Hall–Kier alpha value is -1.03. The second-order valence-electron chi connectivity index (χ2n) is 5.63. The van der Waals surface area contributed by atoms with Crippen LogP contribution in [0, 0.1) is 17.8 Å². The first-order chi connectivity index (χ1) is 8.22. The summed E-state index contributed by atoms with van der Waals surface area (Å²) in [5.41, 5.74) is -1.32. The molecule has 0 radical (unpaired) electrons. The van der Waals surface area contributed by atoms with E-state index in [1.165, 1.54) is 20.8 Å². The topological polar surface area (TPSA) is 71.4 Å². The Bertz CT molecular complexity index is 370. The first-order valence-corrected chi connectivity index (χ1v) is 6.48. The molecule has 0 aromatic carbocycles. The lowest BCUT2D eigenvalue weighted by Crippen LogP contribution is -2.55. The van der Waals surface area contributed by atoms with Gasteiger partial charge in [-0.1, -0.05) is 13.3 Å². The molecule has 0 heterocycles. The molecule has 0 aromatic heterocycles. The van der Waals surface area contributed by atoms with Gasteiger partial charge in [-0.15, -0.1) is 0 Å². The van der Waals surface area contributed by atoms with Crippen LogP contribution in [0.1, 0.15) is 47.0 Å². The summed E-state index contributed by atoms with van der Waals surface area (Å²) < 4.78 is 0. The first kappa shape index (κ1) is 15.0. The van der Waals surface area contributed by atoms with Crippen molar-refractivity contribution in [2.45, 2.75) is 52.6 Å². The standard InChI is InChI=1S/C14H22O4/c1-5-6-10-12(8(2)15)11(17)7-14(4,18)13(10)9(3)16/h10,12-13,18H,5-7H2,1-4H3. The number of hydrogen-bond acceptors (Lipinski definition) is 4. The monoisotopic (exact) mass is 254 g/mol. The normalized spacial score (nSPS) is 36.5. The van der Waals surface area contributed by atoms with Gasteiger partial charge in [0.1, 0.15) is 17.3 Å². The molecule has 0 aromatic rings. The van der Waals surface area contributed by atoms with Gasteiger partial charge in [-0.2, -0.15) is 0 Å². The summed E-state index contributed by atoms with van der Waals surface area (Å²) in [5, 5.41) is 10.3. The molecule has 18 heavy (non-hydrogen) atoms. The molecule has 0 saturated heterocycles. The van der Waals surface area contributed by atoms with E-state index in [0.717, 1.165) is 6.42 Å². The Morgan fingerprint density at radius 3 is 2.28 bits per heavy atom. The molecule has 0 bridgehead atoms. The fourth-order valence-corrected chi connectivity index (χ4v) is 3.40. The predicted molar refractivity (Wildman–Crippen MR) is 67.0 cm³/mol. The molecule has 1 aliphatic carbocycles. The number of hydrogen-bond donors (Lipinski definition) is 1. The van der Waals surface area contributed by atoms with Crippen molar-refractivity contribution in [1.82, 2.24) is 0 Å². The molecule has 4 atom stereocenters. The fraction of sp³-hybridized carbons (Fsp3) is 0.786. The minimum atomic E-state index is -1.32. The van der Waals surface area contributed by atoms with Gasteiger partial charge in [0.25, 0.3) is 0 Å². The Balaban J connectivity index is 3.21. The maximum atomic E-state index is 12.0. The summed E-state index contributed by atoms with van der Waals surface area (Å²) in [6.45, 7) is 6.29. The van der Waals surface area contributed by atoms with Crippen LogP contribution in [0.25, 0.3) is 0 Å². The van der Waals surface area contributed by atoms with Crippen LogP contribution in [0.5, 0.6) is 0 Å². The lowest BCUT2D eigenvalue weighted by molar-refractivity contribution is -0.156. The van der Waals surface area contributed by atoms with Crippen molar-refractivity contribution in [3.8, 4) is 0 Å². The van der Waals surface area contributed by atoms with E-state index < -0.39 is 17.4 Å². The quantitative estimate of drug-likeness (QED) is 0.772. The molecule has 1 aliphatic rings. The SMILES string of the molecule is CCCC1C(C(C)=O)C(=O)CC(C)(O)C1C(C)=O. The highest BCUT2D eigenvalue weighted by molar-refractivity contribution is 6.04. The van der Waals surface area contributed by atoms with Gasteiger partial charge in [-0.25, -0.2) is 0 Å². The number of Topliss-reactive ketones (excluding diaryl/α,β-unsaturated/α-hetero) is 3. The summed E-state index contributed by atoms with van der Waals surface area (Å²) in [6, 6.07) is 0. The van der Waals surface area contributed by atoms with E-state index in [4.69, 9.17) is 0 Å². The van der Waals surface area contributed by atoms with Crippen LogP contribution < -0.4 is 0 Å². The van der Waals surface area contributed by atoms with Crippen LogP contribution in [0.2, 0.25) is 0 Å². The molecular weight excluding hydrogens is 232 g/mol. The van der Waals surface area contributed by atoms with E-state index >= 15 is 0 Å². The summed E-state index contributed by atoms with van der Waals surface area (Å²) in [6.07, 6.45) is 1.28. The van der Waals surface area contributed by atoms with E-state index in [0.29, 0.717) is 6.42 Å². The first-order valence-electron chi connectivity index (χ1n) is 6.48. The summed E-state index contributed by atoms with van der Waals surface area (Å²) in [7, 11) is 0. The van der Waals surface area contributed by atoms with Crippen LogP contribution in [-0.2, 0) is 14.4 Å². The molecule has 0 amide bonds. The molecule has 1 N–H and O–H groups in total. The number of ketones is 3. The largest absolute Gasteiger partial charge is 0.389 e. The van der Waals surface area contributed by atoms with Crippen molar-refractivity contribution in [2.24, 2.45) is 17.8 Å². The van der Waals surface area contributed by atoms with Gasteiger partial charge in [0.15, 0.2) is 0 Å². The third-order valence-electron chi connectivity index (χ3n) is 3.90. The zero-order valence-corrected chi connectivity index (χ0v) is 11.5. The minimum absolute atomic E-state index is 0.109. The van der Waals surface area contributed by atoms with E-state index in [1.54, 1.807) is 0 Å². The Kier molecular flexibility index (Phi) is 4.43. The van der Waals surface area contributed by atoms with Crippen LogP contribution in [0.4, 0.5) is 0 Å². The van der Waals surface area contributed by atoms with Crippen molar-refractivity contribution in [3.05, 3.63) is 0 Å². The van der Waals surface area contributed by atoms with Crippen LogP contribution in [0.3, 0.4) is 0 Å². The lowest BCUT2D eigenvalue weighted by Gasteiger charge is -2.44. The van der Waals surface area contributed by atoms with Crippen LogP contribution >= 0.6 is 0 Å². The second-order valence-corrected chi connectivity index (χ2v) is 5.63. The highest BCUT2D eigenvalue weighted by atomic mass is 16.3. The average Bonchev–Trinajstić information content (AvgIpc) is 2.13. The van der Waals surface area contributed by atoms with E-state index in [1.807, 2.05) is 6.92 Å². The molecule has 4 heteroatoms. The van der Waals surface area contributed by atoms with Crippen molar-refractivity contribution >= 4 is 17.3 Å². The maximum absolute atomic E-state index is 12.0. The number of rotatable bonds is 4. The molecular formula is C14H22O4. The second kappa shape index (κ2) is 5.31. The third-order valence-corrected chi connectivity index (χ3v) is 3.90. The molecule has 1 rings (SSSR count). The molecule has 0 spiro atoms. The minimum Gasteiger partial charge on any atom is -0.389 e. The fourth-order valence-electron chi connectivity index (χ4n) is 3.40. The Morgan fingerprint density at radius 2 is 1.89 bits per heavy atom. The highest BCUT2D eigenvalue weighted by Gasteiger charge is 2.52. The van der Waals surface area contributed by atoms with Gasteiger partial charge < -0.3 is 5.11 Å².